The third kappa shape index (κ3) is 1.73. The van der Waals surface area contributed by atoms with Gasteiger partial charge < -0.3 is 5.21 Å². The fourth-order valence-electron chi connectivity index (χ4n) is 2.42. The van der Waals surface area contributed by atoms with Gasteiger partial charge in [0.2, 0.25) is 5.65 Å². The second-order valence-corrected chi connectivity index (χ2v) is 4.67. The van der Waals surface area contributed by atoms with E-state index in [9.17, 15) is 9.60 Å². The molecule has 0 fully saturated rings. The summed E-state index contributed by atoms with van der Waals surface area (Å²) in [5.74, 6) is -0.345. The number of hydrogen-bond acceptors (Lipinski definition) is 3. The molecule has 2 aromatic heterocycles. The first kappa shape index (κ1) is 11.8. The number of hydrogen-bond donors (Lipinski definition) is 0. The zero-order valence-electron chi connectivity index (χ0n) is 10.8. The van der Waals surface area contributed by atoms with Gasteiger partial charge in [0.05, 0.1) is 11.8 Å². The number of para-hydroxylation sites is 2. The predicted octanol–water partition coefficient (Wildman–Crippen LogP) is 2.32. The molecule has 2 aromatic carbocycles. The van der Waals surface area contributed by atoms with Crippen molar-refractivity contribution in [1.82, 2.24) is 14.7 Å². The lowest BCUT2D eigenvalue weighted by Crippen LogP contribution is -2.33. The van der Waals surface area contributed by atoms with E-state index in [2.05, 4.69) is 10.2 Å². The van der Waals surface area contributed by atoms with Crippen LogP contribution in [0.15, 0.2) is 54.7 Å². The zero-order valence-corrected chi connectivity index (χ0v) is 10.8. The van der Waals surface area contributed by atoms with Crippen LogP contribution in [0.4, 0.5) is 4.39 Å². The number of nitrogens with zero attached hydrogens (tertiary/aromatic N) is 4. The Morgan fingerprint density at radius 1 is 1.10 bits per heavy atom. The number of aromatic nitrogens is 4. The van der Waals surface area contributed by atoms with E-state index in [4.69, 9.17) is 0 Å². The Morgan fingerprint density at radius 3 is 2.81 bits per heavy atom. The molecule has 0 radical (unpaired) electrons. The molecule has 6 heteroatoms. The van der Waals surface area contributed by atoms with Crippen LogP contribution < -0.4 is 4.85 Å². The van der Waals surface area contributed by atoms with E-state index < -0.39 is 0 Å². The van der Waals surface area contributed by atoms with Crippen LogP contribution >= 0.6 is 0 Å². The Kier molecular flexibility index (Phi) is 2.38. The molecule has 5 nitrogen and oxygen atoms in total. The van der Waals surface area contributed by atoms with E-state index in [0.29, 0.717) is 32.7 Å². The molecule has 4 aromatic rings. The standard InChI is InChI=1S/C15H9FN4O/c16-11-5-3-4-10(8-11)12-9-17-19-13-6-1-2-7-14(13)20(21)18-15(12)19/h1-9H. The van der Waals surface area contributed by atoms with Gasteiger partial charge in [0.25, 0.3) is 5.52 Å². The van der Waals surface area contributed by atoms with E-state index in [1.807, 2.05) is 6.07 Å². The van der Waals surface area contributed by atoms with Crippen LogP contribution in [0.1, 0.15) is 0 Å². The first-order valence-corrected chi connectivity index (χ1v) is 6.36. The molecule has 0 amide bonds. The van der Waals surface area contributed by atoms with Gasteiger partial charge in [-0.25, -0.2) is 8.91 Å². The molecule has 0 aliphatic carbocycles. The quantitative estimate of drug-likeness (QED) is 0.397. The third-order valence-electron chi connectivity index (χ3n) is 3.38. The molecule has 0 aliphatic heterocycles. The SMILES string of the molecule is [O-][n+]1nc2c(-c3cccc(F)c3)cnn2c2ccccc21. The van der Waals surface area contributed by atoms with Crippen molar-refractivity contribution in [3.8, 4) is 11.1 Å². The minimum absolute atomic E-state index is 0.345. The molecule has 102 valence electrons. The second kappa shape index (κ2) is 4.24. The molecular weight excluding hydrogens is 271 g/mol. The highest BCUT2D eigenvalue weighted by Gasteiger charge is 2.16. The normalized spacial score (nSPS) is 11.3. The molecule has 4 rings (SSSR count). The highest BCUT2D eigenvalue weighted by Crippen LogP contribution is 2.24. The van der Waals surface area contributed by atoms with Crippen molar-refractivity contribution in [2.45, 2.75) is 0 Å². The summed E-state index contributed by atoms with van der Waals surface area (Å²) in [4.78, 5) is 0.565. The summed E-state index contributed by atoms with van der Waals surface area (Å²) in [5.41, 5.74) is 2.73. The number of fused-ring (bicyclic) bond motifs is 3. The first-order chi connectivity index (χ1) is 10.2. The van der Waals surface area contributed by atoms with Gasteiger partial charge in [0, 0.05) is 11.2 Å². The number of rotatable bonds is 1. The molecule has 2 heterocycles. The average molecular weight is 280 g/mol. The lowest BCUT2D eigenvalue weighted by atomic mass is 10.1. The van der Waals surface area contributed by atoms with E-state index >= 15 is 0 Å². The maximum absolute atomic E-state index is 13.4. The van der Waals surface area contributed by atoms with Crippen LogP contribution in [0.2, 0.25) is 0 Å². The molecule has 0 atom stereocenters. The fraction of sp³-hybridized carbons (Fsp3) is 0. The Bertz CT molecular complexity index is 980. The lowest BCUT2D eigenvalue weighted by molar-refractivity contribution is -0.640. The third-order valence-corrected chi connectivity index (χ3v) is 3.38. The maximum atomic E-state index is 13.4. The molecule has 0 saturated carbocycles. The lowest BCUT2D eigenvalue weighted by Gasteiger charge is -2.02. The number of benzene rings is 2. The van der Waals surface area contributed by atoms with Gasteiger partial charge in [-0.05, 0) is 28.6 Å². The van der Waals surface area contributed by atoms with E-state index in [1.54, 1.807) is 41.0 Å². The highest BCUT2D eigenvalue weighted by atomic mass is 19.1. The topological polar surface area (TPSA) is 57.1 Å². The van der Waals surface area contributed by atoms with Crippen molar-refractivity contribution in [3.63, 3.8) is 0 Å². The zero-order chi connectivity index (χ0) is 14.4. The summed E-state index contributed by atoms with van der Waals surface area (Å²) in [6.45, 7) is 0. The van der Waals surface area contributed by atoms with E-state index in [-0.39, 0.29) is 5.82 Å². The Morgan fingerprint density at radius 2 is 1.95 bits per heavy atom. The van der Waals surface area contributed by atoms with Crippen molar-refractivity contribution in [3.05, 3.63) is 65.8 Å². The molecule has 0 N–H and O–H groups in total. The van der Waals surface area contributed by atoms with Gasteiger partial charge in [-0.3, -0.25) is 0 Å². The van der Waals surface area contributed by atoms with Crippen LogP contribution in [0.5, 0.6) is 0 Å². The summed E-state index contributed by atoms with van der Waals surface area (Å²) in [6.07, 6.45) is 1.59. The Balaban J connectivity index is 2.09. The summed E-state index contributed by atoms with van der Waals surface area (Å²) in [5, 5.41) is 20.3. The van der Waals surface area contributed by atoms with Gasteiger partial charge in [-0.15, -0.1) is 0 Å². The van der Waals surface area contributed by atoms with Crippen molar-refractivity contribution in [2.24, 2.45) is 0 Å². The summed E-state index contributed by atoms with van der Waals surface area (Å²) in [6, 6.07) is 13.2. The Labute approximate surface area is 118 Å². The molecule has 0 bridgehead atoms. The average Bonchev–Trinajstić information content (AvgIpc) is 2.91. The Hall–Kier alpha value is -3.02. The molecule has 0 saturated heterocycles. The largest absolute Gasteiger partial charge is 0.594 e. The van der Waals surface area contributed by atoms with Crippen LogP contribution in [0.3, 0.4) is 0 Å². The van der Waals surface area contributed by atoms with Crippen LogP contribution in [0.25, 0.3) is 27.8 Å². The van der Waals surface area contributed by atoms with E-state index in [0.717, 1.165) is 0 Å². The van der Waals surface area contributed by atoms with Gasteiger partial charge in [-0.1, -0.05) is 24.3 Å². The minimum Gasteiger partial charge on any atom is -0.594 e. The van der Waals surface area contributed by atoms with Crippen LogP contribution in [-0.2, 0) is 0 Å². The molecular formula is C15H9FN4O. The van der Waals surface area contributed by atoms with Crippen molar-refractivity contribution in [1.29, 1.82) is 0 Å². The summed E-state index contributed by atoms with van der Waals surface area (Å²) < 4.78 is 15.0. The molecule has 0 aliphatic rings. The van der Waals surface area contributed by atoms with Gasteiger partial charge in [-0.2, -0.15) is 5.10 Å². The molecule has 21 heavy (non-hydrogen) atoms. The molecule has 0 unspecified atom stereocenters. The van der Waals surface area contributed by atoms with Crippen molar-refractivity contribution >= 4 is 16.7 Å². The fourth-order valence-corrected chi connectivity index (χ4v) is 2.42. The molecule has 0 spiro atoms. The predicted molar refractivity (Wildman–Crippen MR) is 74.8 cm³/mol. The van der Waals surface area contributed by atoms with E-state index in [1.165, 1.54) is 12.1 Å². The second-order valence-electron chi connectivity index (χ2n) is 4.67. The summed E-state index contributed by atoms with van der Waals surface area (Å²) in [7, 11) is 0. The summed E-state index contributed by atoms with van der Waals surface area (Å²) >= 11 is 0. The van der Waals surface area contributed by atoms with Crippen LogP contribution in [0, 0.1) is 11.0 Å². The van der Waals surface area contributed by atoms with Gasteiger partial charge in [0.1, 0.15) is 11.3 Å². The smallest absolute Gasteiger partial charge is 0.270 e. The van der Waals surface area contributed by atoms with Gasteiger partial charge in [0.15, 0.2) is 0 Å². The van der Waals surface area contributed by atoms with Crippen molar-refractivity contribution in [2.75, 3.05) is 0 Å². The van der Waals surface area contributed by atoms with Crippen molar-refractivity contribution < 1.29 is 9.24 Å². The monoisotopic (exact) mass is 280 g/mol. The van der Waals surface area contributed by atoms with Gasteiger partial charge >= 0.3 is 0 Å². The number of halogens is 1. The highest BCUT2D eigenvalue weighted by molar-refractivity contribution is 5.81. The minimum atomic E-state index is -0.345. The first-order valence-electron chi connectivity index (χ1n) is 6.36. The maximum Gasteiger partial charge on any atom is 0.270 e. The van der Waals surface area contributed by atoms with Crippen LogP contribution in [-0.4, -0.2) is 14.7 Å².